The fraction of sp³-hybridized carbons (Fsp3) is 0.667. The van der Waals surface area contributed by atoms with Crippen molar-refractivity contribution in [2.45, 2.75) is 25.2 Å². The molecule has 3 nitrogen and oxygen atoms in total. The Kier molecular flexibility index (Phi) is 1.27. The van der Waals surface area contributed by atoms with Crippen LogP contribution in [-0.4, -0.2) is 10.2 Å². The lowest BCUT2D eigenvalue weighted by Crippen LogP contribution is -1.99. The Morgan fingerprint density at radius 1 is 1.50 bits per heavy atom. The van der Waals surface area contributed by atoms with Crippen LogP contribution in [0.15, 0.2) is 4.42 Å². The highest BCUT2D eigenvalue weighted by Crippen LogP contribution is 2.46. The number of nitrogens with zero attached hydrogens (tertiary/aromatic N) is 2. The fourth-order valence-electron chi connectivity index (χ4n) is 0.851. The highest BCUT2D eigenvalue weighted by atomic mass is 127. The van der Waals surface area contributed by atoms with Gasteiger partial charge >= 0.3 is 0 Å². The second kappa shape index (κ2) is 1.93. The summed E-state index contributed by atoms with van der Waals surface area (Å²) >= 11 is 2.03. The van der Waals surface area contributed by atoms with E-state index in [0.717, 1.165) is 5.89 Å². The van der Waals surface area contributed by atoms with Crippen molar-refractivity contribution in [3.63, 3.8) is 0 Å². The number of hydrogen-bond acceptors (Lipinski definition) is 3. The summed E-state index contributed by atoms with van der Waals surface area (Å²) in [5, 5.41) is 7.72. The van der Waals surface area contributed by atoms with Crippen LogP contribution in [-0.2, 0) is 5.41 Å². The molecule has 0 radical (unpaired) electrons. The Labute approximate surface area is 72.3 Å². The minimum absolute atomic E-state index is 0.219. The van der Waals surface area contributed by atoms with Crippen LogP contribution in [0.1, 0.15) is 25.7 Å². The first kappa shape index (κ1) is 6.57. The van der Waals surface area contributed by atoms with Crippen molar-refractivity contribution >= 4 is 22.6 Å². The Morgan fingerprint density at radius 3 is 2.60 bits per heavy atom. The molecule has 4 heteroatoms. The third-order valence-electron chi connectivity index (χ3n) is 1.92. The first-order valence-electron chi connectivity index (χ1n) is 3.20. The van der Waals surface area contributed by atoms with E-state index in [4.69, 9.17) is 4.42 Å². The fourth-order valence-corrected chi connectivity index (χ4v) is 1.17. The molecule has 0 amide bonds. The minimum atomic E-state index is 0.219. The van der Waals surface area contributed by atoms with E-state index < -0.39 is 0 Å². The van der Waals surface area contributed by atoms with Gasteiger partial charge in [-0.05, 0) is 12.8 Å². The zero-order chi connectivity index (χ0) is 7.19. The van der Waals surface area contributed by atoms with Gasteiger partial charge in [0.05, 0.1) is 0 Å². The zero-order valence-electron chi connectivity index (χ0n) is 5.59. The van der Waals surface area contributed by atoms with Crippen molar-refractivity contribution in [3.8, 4) is 0 Å². The van der Waals surface area contributed by atoms with E-state index in [1.165, 1.54) is 12.8 Å². The number of halogens is 1. The predicted molar refractivity (Wildman–Crippen MR) is 43.6 cm³/mol. The summed E-state index contributed by atoms with van der Waals surface area (Å²) in [6.07, 6.45) is 2.37. The van der Waals surface area contributed by atoms with Crippen LogP contribution in [0.4, 0.5) is 0 Å². The van der Waals surface area contributed by atoms with Crippen LogP contribution in [0.25, 0.3) is 0 Å². The Bertz CT molecular complexity index is 254. The van der Waals surface area contributed by atoms with Crippen molar-refractivity contribution in [2.24, 2.45) is 0 Å². The average Bonchev–Trinajstić information content (AvgIpc) is 2.45. The van der Waals surface area contributed by atoms with Crippen molar-refractivity contribution < 1.29 is 4.42 Å². The highest BCUT2D eigenvalue weighted by Gasteiger charge is 2.44. The average molecular weight is 250 g/mol. The van der Waals surface area contributed by atoms with E-state index in [2.05, 4.69) is 17.1 Å². The molecule has 1 aliphatic rings. The highest BCUT2D eigenvalue weighted by molar-refractivity contribution is 14.1. The van der Waals surface area contributed by atoms with Gasteiger partial charge in [-0.3, -0.25) is 0 Å². The number of rotatable bonds is 1. The van der Waals surface area contributed by atoms with Gasteiger partial charge in [0, 0.05) is 28.0 Å². The molecule has 10 heavy (non-hydrogen) atoms. The number of aromatic nitrogens is 2. The van der Waals surface area contributed by atoms with Gasteiger partial charge in [-0.15, -0.1) is 10.2 Å². The molecule has 2 rings (SSSR count). The van der Waals surface area contributed by atoms with E-state index in [-0.39, 0.29) is 5.41 Å². The second-order valence-corrected chi connectivity index (χ2v) is 3.84. The van der Waals surface area contributed by atoms with E-state index in [1.54, 1.807) is 0 Å². The SMILES string of the molecule is CC1(c2nnc(I)o2)CC1. The molecule has 0 atom stereocenters. The first-order valence-corrected chi connectivity index (χ1v) is 4.28. The van der Waals surface area contributed by atoms with E-state index in [0.29, 0.717) is 3.90 Å². The Balaban J connectivity index is 2.34. The topological polar surface area (TPSA) is 38.9 Å². The van der Waals surface area contributed by atoms with Gasteiger partial charge in [0.15, 0.2) is 0 Å². The lowest BCUT2D eigenvalue weighted by Gasteiger charge is -1.96. The van der Waals surface area contributed by atoms with E-state index in [9.17, 15) is 0 Å². The molecule has 0 aliphatic heterocycles. The summed E-state index contributed by atoms with van der Waals surface area (Å²) in [6, 6.07) is 0. The van der Waals surface area contributed by atoms with Gasteiger partial charge in [0.25, 0.3) is 3.90 Å². The molecule has 1 saturated carbocycles. The Morgan fingerprint density at radius 2 is 2.20 bits per heavy atom. The molecule has 1 aromatic heterocycles. The van der Waals surface area contributed by atoms with Crippen LogP contribution < -0.4 is 0 Å². The quantitative estimate of drug-likeness (QED) is 0.712. The van der Waals surface area contributed by atoms with Gasteiger partial charge in [-0.1, -0.05) is 6.92 Å². The lowest BCUT2D eigenvalue weighted by atomic mass is 10.1. The maximum Gasteiger partial charge on any atom is 0.278 e. The Hall–Kier alpha value is -0.130. The first-order chi connectivity index (χ1) is 4.71. The van der Waals surface area contributed by atoms with E-state index >= 15 is 0 Å². The molecule has 0 saturated heterocycles. The molecule has 1 heterocycles. The van der Waals surface area contributed by atoms with Crippen LogP contribution in [0.3, 0.4) is 0 Å². The van der Waals surface area contributed by atoms with Gasteiger partial charge in [0.1, 0.15) is 0 Å². The summed E-state index contributed by atoms with van der Waals surface area (Å²) < 4.78 is 5.91. The summed E-state index contributed by atoms with van der Waals surface area (Å²) in [5.41, 5.74) is 0.219. The largest absolute Gasteiger partial charge is 0.416 e. The lowest BCUT2D eigenvalue weighted by molar-refractivity contribution is 0.430. The molecule has 0 aromatic carbocycles. The molecule has 0 spiro atoms. The van der Waals surface area contributed by atoms with Gasteiger partial charge in [-0.2, -0.15) is 0 Å². The van der Waals surface area contributed by atoms with Gasteiger partial charge < -0.3 is 4.42 Å². The zero-order valence-corrected chi connectivity index (χ0v) is 7.75. The van der Waals surface area contributed by atoms with Crippen LogP contribution in [0.5, 0.6) is 0 Å². The third kappa shape index (κ3) is 0.941. The molecule has 0 bridgehead atoms. The van der Waals surface area contributed by atoms with Crippen molar-refractivity contribution in [2.75, 3.05) is 0 Å². The van der Waals surface area contributed by atoms with Crippen molar-refractivity contribution in [3.05, 3.63) is 9.79 Å². The van der Waals surface area contributed by atoms with Gasteiger partial charge in [0.2, 0.25) is 5.89 Å². The molecule has 1 fully saturated rings. The smallest absolute Gasteiger partial charge is 0.278 e. The molecule has 54 valence electrons. The molecule has 1 aromatic rings. The molecule has 1 aliphatic carbocycles. The predicted octanol–water partition coefficient (Wildman–Crippen LogP) is 1.73. The summed E-state index contributed by atoms with van der Waals surface area (Å²) in [5.74, 6) is 0.803. The molecule has 0 unspecified atom stereocenters. The third-order valence-corrected chi connectivity index (χ3v) is 2.35. The van der Waals surface area contributed by atoms with Crippen LogP contribution >= 0.6 is 22.6 Å². The van der Waals surface area contributed by atoms with Crippen molar-refractivity contribution in [1.29, 1.82) is 0 Å². The summed E-state index contributed by atoms with van der Waals surface area (Å²) in [4.78, 5) is 0. The monoisotopic (exact) mass is 250 g/mol. The van der Waals surface area contributed by atoms with E-state index in [1.807, 2.05) is 22.6 Å². The minimum Gasteiger partial charge on any atom is -0.416 e. The maximum absolute atomic E-state index is 5.27. The number of hydrogen-bond donors (Lipinski definition) is 0. The second-order valence-electron chi connectivity index (χ2n) is 2.92. The summed E-state index contributed by atoms with van der Waals surface area (Å²) in [7, 11) is 0. The van der Waals surface area contributed by atoms with Crippen LogP contribution in [0, 0.1) is 3.90 Å². The van der Waals surface area contributed by atoms with Crippen LogP contribution in [0.2, 0.25) is 0 Å². The summed E-state index contributed by atoms with van der Waals surface area (Å²) in [6.45, 7) is 2.15. The molecular weight excluding hydrogens is 243 g/mol. The maximum atomic E-state index is 5.27. The molecular formula is C6H7IN2O. The van der Waals surface area contributed by atoms with Crippen molar-refractivity contribution in [1.82, 2.24) is 10.2 Å². The normalized spacial score (nSPS) is 21.0. The standard InChI is InChI=1S/C6H7IN2O/c1-6(2-3-6)4-8-9-5(7)10-4/h2-3H2,1H3. The van der Waals surface area contributed by atoms with Gasteiger partial charge in [-0.25, -0.2) is 0 Å². The molecule has 0 N–H and O–H groups in total.